The number of nitrogens with zero attached hydrogens (tertiary/aromatic N) is 5. The second kappa shape index (κ2) is 14.0. The fraction of sp³-hybridized carbons (Fsp3) is 0.310. The van der Waals surface area contributed by atoms with E-state index in [2.05, 4.69) is 34.9 Å². The lowest BCUT2D eigenvalue weighted by atomic mass is 10.1. The van der Waals surface area contributed by atoms with Gasteiger partial charge in [-0.15, -0.1) is 0 Å². The van der Waals surface area contributed by atoms with Gasteiger partial charge in [-0.2, -0.15) is 0 Å². The Morgan fingerprint density at radius 2 is 1.77 bits per heavy atom. The minimum atomic E-state index is -1.08. The molecule has 8 N–H and O–H groups in total. The predicted molar refractivity (Wildman–Crippen MR) is 163 cm³/mol. The number of carboxylic acids is 1. The molecular weight excluding hydrogens is 570 g/mol. The SMILES string of the molecule is C.CC[C@H]1O[C@@H](n2cnc3c(=O)[nH]cnc32)[C@H](O)[C@@H]1O.N[C@@H](Cc1c[nH]c2ccccc12)C(=O)O.c1cnc2nc[nH]c2c1. The highest BCUT2D eigenvalue weighted by molar-refractivity contribution is 5.84. The summed E-state index contributed by atoms with van der Waals surface area (Å²) < 4.78 is 7.06. The Hall–Kier alpha value is -4.96. The second-order valence-electron chi connectivity index (χ2n) is 9.80. The Morgan fingerprint density at radius 3 is 2.50 bits per heavy atom. The maximum Gasteiger partial charge on any atom is 0.320 e. The van der Waals surface area contributed by atoms with Crippen LogP contribution in [0.2, 0.25) is 0 Å². The van der Waals surface area contributed by atoms with E-state index in [9.17, 15) is 19.8 Å². The van der Waals surface area contributed by atoms with Crippen molar-refractivity contribution in [3.63, 3.8) is 0 Å². The number of aromatic amines is 3. The summed E-state index contributed by atoms with van der Waals surface area (Å²) in [5.41, 5.74) is 9.33. The lowest BCUT2D eigenvalue weighted by Gasteiger charge is -2.16. The first-order chi connectivity index (χ1) is 20.8. The molecule has 7 rings (SSSR count). The number of hydrogen-bond donors (Lipinski definition) is 7. The van der Waals surface area contributed by atoms with Gasteiger partial charge >= 0.3 is 5.97 Å². The van der Waals surface area contributed by atoms with E-state index in [-0.39, 0.29) is 18.5 Å². The number of aliphatic hydroxyl groups is 2. The number of aliphatic hydroxyl groups excluding tert-OH is 2. The number of rotatable bonds is 5. The number of para-hydroxylation sites is 1. The summed E-state index contributed by atoms with van der Waals surface area (Å²) in [6, 6.07) is 10.7. The van der Waals surface area contributed by atoms with Gasteiger partial charge in [0.25, 0.3) is 5.56 Å². The van der Waals surface area contributed by atoms with Gasteiger partial charge < -0.3 is 40.7 Å². The van der Waals surface area contributed by atoms with Gasteiger partial charge in [0.05, 0.1) is 30.6 Å². The van der Waals surface area contributed by atoms with Gasteiger partial charge in [-0.05, 0) is 30.2 Å². The monoisotopic (exact) mass is 605 g/mol. The molecule has 15 heteroatoms. The maximum absolute atomic E-state index is 11.5. The van der Waals surface area contributed by atoms with Crippen LogP contribution in [0, 0.1) is 0 Å². The van der Waals surface area contributed by atoms with Gasteiger partial charge in [0.1, 0.15) is 18.2 Å². The van der Waals surface area contributed by atoms with Gasteiger partial charge in [-0.3, -0.25) is 14.2 Å². The summed E-state index contributed by atoms with van der Waals surface area (Å²) in [4.78, 5) is 46.6. The number of carboxylic acid groups (broad SMARTS) is 1. The molecule has 15 nitrogen and oxygen atoms in total. The normalized spacial score (nSPS) is 19.9. The molecule has 5 atom stereocenters. The molecule has 1 saturated heterocycles. The van der Waals surface area contributed by atoms with Gasteiger partial charge in [-0.25, -0.2) is 19.9 Å². The molecule has 0 unspecified atom stereocenters. The highest BCUT2D eigenvalue weighted by Gasteiger charge is 2.43. The van der Waals surface area contributed by atoms with Crippen molar-refractivity contribution < 1.29 is 24.9 Å². The number of nitrogens with one attached hydrogen (secondary N) is 3. The molecule has 6 aromatic rings. The molecule has 1 fully saturated rings. The Labute approximate surface area is 250 Å². The topological polar surface area (TPSA) is 234 Å². The van der Waals surface area contributed by atoms with Crippen LogP contribution in [-0.4, -0.2) is 85.1 Å². The van der Waals surface area contributed by atoms with Gasteiger partial charge in [-0.1, -0.05) is 32.5 Å². The number of ether oxygens (including phenoxy) is 1. The van der Waals surface area contributed by atoms with E-state index in [1.807, 2.05) is 49.5 Å². The number of aliphatic carboxylic acids is 1. The van der Waals surface area contributed by atoms with Crippen LogP contribution >= 0.6 is 0 Å². The smallest absolute Gasteiger partial charge is 0.320 e. The van der Waals surface area contributed by atoms with E-state index in [4.69, 9.17) is 15.6 Å². The van der Waals surface area contributed by atoms with E-state index in [0.717, 1.165) is 27.6 Å². The molecule has 0 spiro atoms. The zero-order chi connectivity index (χ0) is 30.5. The number of benzene rings is 1. The largest absolute Gasteiger partial charge is 0.480 e. The molecule has 44 heavy (non-hydrogen) atoms. The van der Waals surface area contributed by atoms with Crippen molar-refractivity contribution in [1.29, 1.82) is 0 Å². The van der Waals surface area contributed by atoms with E-state index in [0.29, 0.717) is 18.5 Å². The second-order valence-corrected chi connectivity index (χ2v) is 9.80. The van der Waals surface area contributed by atoms with Crippen molar-refractivity contribution >= 4 is 39.2 Å². The third-order valence-corrected chi connectivity index (χ3v) is 7.00. The lowest BCUT2D eigenvalue weighted by molar-refractivity contribution is -0.138. The number of nitrogens with two attached hydrogens (primary N) is 1. The van der Waals surface area contributed by atoms with Gasteiger partial charge in [0, 0.05) is 29.7 Å². The standard InChI is InChI=1S/C11H14N4O4.C11H12N2O2.C6H5N3.CH4/c1-2-5-7(16)8(17)11(19-5)15-4-14-6-9(15)12-3-13-10(6)18;12-9(11(14)15)5-7-6-13-10-4-2-1-3-8(7)10;1-2-5-6(7-3-1)9-4-8-5;/h3-5,7-8,11,16-17H,2H2,1H3,(H,12,13,18);1-4,6,9,13H,5,12H2,(H,14,15);1-4H,(H,7,8,9);1H4/t5-,7-,8-,11-;9-;;/m10../s1. The fourth-order valence-electron chi connectivity index (χ4n) is 4.75. The lowest BCUT2D eigenvalue weighted by Crippen LogP contribution is -2.32. The number of H-pyrrole nitrogens is 3. The van der Waals surface area contributed by atoms with E-state index in [1.165, 1.54) is 17.2 Å². The van der Waals surface area contributed by atoms with E-state index < -0.39 is 36.6 Å². The third-order valence-electron chi connectivity index (χ3n) is 7.00. The van der Waals surface area contributed by atoms with Crippen molar-refractivity contribution in [2.75, 3.05) is 0 Å². The molecule has 0 bridgehead atoms. The molecule has 6 heterocycles. The Morgan fingerprint density at radius 1 is 1.02 bits per heavy atom. The molecule has 1 aliphatic rings. The summed E-state index contributed by atoms with van der Waals surface area (Å²) in [6.45, 7) is 1.86. The predicted octanol–water partition coefficient (Wildman–Crippen LogP) is 1.87. The quantitative estimate of drug-likeness (QED) is 0.150. The Bertz CT molecular complexity index is 1850. The minimum Gasteiger partial charge on any atom is -0.480 e. The van der Waals surface area contributed by atoms with E-state index >= 15 is 0 Å². The highest BCUT2D eigenvalue weighted by Crippen LogP contribution is 2.32. The third kappa shape index (κ3) is 6.65. The zero-order valence-electron chi connectivity index (χ0n) is 23.0. The summed E-state index contributed by atoms with van der Waals surface area (Å²) in [6.07, 6.45) is 5.46. The summed E-state index contributed by atoms with van der Waals surface area (Å²) in [5.74, 6) is -0.972. The van der Waals surface area contributed by atoms with Crippen molar-refractivity contribution in [1.82, 2.24) is 39.5 Å². The molecule has 1 aromatic carbocycles. The van der Waals surface area contributed by atoms with Crippen LogP contribution in [0.4, 0.5) is 0 Å². The average Bonchev–Trinajstić information content (AvgIpc) is 3.81. The van der Waals surface area contributed by atoms with Crippen molar-refractivity contribution in [2.45, 2.75) is 57.8 Å². The number of carbonyl (C=O) groups is 1. The van der Waals surface area contributed by atoms with Crippen LogP contribution in [-0.2, 0) is 16.0 Å². The molecule has 232 valence electrons. The first kappa shape index (κ1) is 32.0. The minimum absolute atomic E-state index is 0. The number of imidazole rings is 2. The highest BCUT2D eigenvalue weighted by atomic mass is 16.6. The number of hydrogen-bond acceptors (Lipinski definition) is 10. The number of pyridine rings is 1. The first-order valence-corrected chi connectivity index (χ1v) is 13.5. The van der Waals surface area contributed by atoms with Gasteiger partial charge in [0.2, 0.25) is 0 Å². The first-order valence-electron chi connectivity index (χ1n) is 13.5. The van der Waals surface area contributed by atoms with Crippen LogP contribution in [0.3, 0.4) is 0 Å². The molecule has 0 aliphatic carbocycles. The Kier molecular flexibility index (Phi) is 10.2. The zero-order valence-corrected chi connectivity index (χ0v) is 23.0. The summed E-state index contributed by atoms with van der Waals surface area (Å²) >= 11 is 0. The molecule has 5 aromatic heterocycles. The van der Waals surface area contributed by atoms with E-state index in [1.54, 1.807) is 12.5 Å². The van der Waals surface area contributed by atoms with Crippen LogP contribution in [0.15, 0.2) is 72.6 Å². The van der Waals surface area contributed by atoms with Crippen molar-refractivity contribution in [3.8, 4) is 0 Å². The summed E-state index contributed by atoms with van der Waals surface area (Å²) in [7, 11) is 0. The maximum atomic E-state index is 11.5. The molecular formula is C29H35N9O6. The van der Waals surface area contributed by atoms with Crippen molar-refractivity contribution in [3.05, 3.63) is 83.7 Å². The average molecular weight is 606 g/mol. The fourth-order valence-corrected chi connectivity index (χ4v) is 4.75. The molecule has 0 radical (unpaired) electrons. The number of fused-ring (bicyclic) bond motifs is 3. The van der Waals surface area contributed by atoms with Crippen LogP contribution in [0.5, 0.6) is 0 Å². The van der Waals surface area contributed by atoms with Crippen LogP contribution in [0.1, 0.15) is 32.6 Å². The van der Waals surface area contributed by atoms with Crippen molar-refractivity contribution in [2.24, 2.45) is 5.73 Å². The van der Waals surface area contributed by atoms with Crippen LogP contribution in [0.25, 0.3) is 33.2 Å². The molecule has 0 saturated carbocycles. The molecule has 1 aliphatic heterocycles. The summed E-state index contributed by atoms with van der Waals surface area (Å²) in [5, 5.41) is 29.6. The molecule has 0 amide bonds. The number of aromatic nitrogens is 8. The van der Waals surface area contributed by atoms with Crippen LogP contribution < -0.4 is 11.3 Å². The Balaban J connectivity index is 0.000000158. The van der Waals surface area contributed by atoms with Gasteiger partial charge in [0.15, 0.2) is 23.0 Å².